The van der Waals surface area contributed by atoms with E-state index in [-0.39, 0.29) is 22.7 Å². The molecule has 1 aromatic rings. The predicted octanol–water partition coefficient (Wildman–Crippen LogP) is 1.48. The molecule has 0 atom stereocenters. The zero-order chi connectivity index (χ0) is 12.4. The summed E-state index contributed by atoms with van der Waals surface area (Å²) in [4.78, 5) is 14.1. The maximum absolute atomic E-state index is 12.2. The highest BCUT2D eigenvalue weighted by atomic mass is 35.5. The first kappa shape index (κ1) is 12.2. The van der Waals surface area contributed by atoms with Gasteiger partial charge in [-0.1, -0.05) is 11.6 Å². The number of halogens is 1. The first-order valence-corrected chi connectivity index (χ1v) is 6.01. The number of phenols is 1. The SMILES string of the molecule is CCN(C(=O)c1ccc(O)c(Cl)c1)C1CNC1. The van der Waals surface area contributed by atoms with Crippen LogP contribution in [0.15, 0.2) is 18.2 Å². The number of nitrogens with zero attached hydrogens (tertiary/aromatic N) is 1. The molecule has 92 valence electrons. The third kappa shape index (κ3) is 2.37. The predicted molar refractivity (Wildman–Crippen MR) is 66.5 cm³/mol. The molecule has 1 aromatic carbocycles. The molecule has 1 aliphatic rings. The summed E-state index contributed by atoms with van der Waals surface area (Å²) in [5, 5.41) is 12.7. The van der Waals surface area contributed by atoms with E-state index in [0.717, 1.165) is 13.1 Å². The lowest BCUT2D eigenvalue weighted by Crippen LogP contribution is -2.58. The standard InChI is InChI=1S/C12H15ClN2O2/c1-2-15(9-6-14-7-9)12(17)8-3-4-11(16)10(13)5-8/h3-5,9,14,16H,2,6-7H2,1H3. The number of rotatable bonds is 3. The molecule has 1 aliphatic heterocycles. The van der Waals surface area contributed by atoms with Crippen LogP contribution in [0.3, 0.4) is 0 Å². The number of hydrogen-bond acceptors (Lipinski definition) is 3. The molecule has 0 saturated carbocycles. The zero-order valence-electron chi connectivity index (χ0n) is 9.61. The van der Waals surface area contributed by atoms with Crippen LogP contribution < -0.4 is 5.32 Å². The van der Waals surface area contributed by atoms with Crippen LogP contribution >= 0.6 is 11.6 Å². The summed E-state index contributed by atoms with van der Waals surface area (Å²) < 4.78 is 0. The van der Waals surface area contributed by atoms with Gasteiger partial charge in [0.1, 0.15) is 5.75 Å². The van der Waals surface area contributed by atoms with E-state index in [1.54, 1.807) is 6.07 Å². The van der Waals surface area contributed by atoms with Crippen molar-refractivity contribution in [1.29, 1.82) is 0 Å². The van der Waals surface area contributed by atoms with Gasteiger partial charge in [0.05, 0.1) is 11.1 Å². The molecule has 0 spiro atoms. The number of amides is 1. The highest BCUT2D eigenvalue weighted by Gasteiger charge is 2.28. The lowest BCUT2D eigenvalue weighted by molar-refractivity contribution is 0.0630. The number of likely N-dealkylation sites (N-methyl/N-ethyl adjacent to an activating group) is 1. The second kappa shape index (κ2) is 4.94. The summed E-state index contributed by atoms with van der Waals surface area (Å²) in [6.45, 7) is 4.30. The summed E-state index contributed by atoms with van der Waals surface area (Å²) in [7, 11) is 0. The van der Waals surface area contributed by atoms with Gasteiger partial charge in [-0.25, -0.2) is 0 Å². The van der Waals surface area contributed by atoms with Gasteiger partial charge in [0.15, 0.2) is 0 Å². The average Bonchev–Trinajstić information content (AvgIpc) is 2.26. The van der Waals surface area contributed by atoms with Crippen LogP contribution in [0, 0.1) is 0 Å². The summed E-state index contributed by atoms with van der Waals surface area (Å²) in [5.74, 6) is -0.0440. The Bertz CT molecular complexity index is 433. The van der Waals surface area contributed by atoms with Crippen LogP contribution in [0.5, 0.6) is 5.75 Å². The molecule has 5 heteroatoms. The molecule has 1 fully saturated rings. The molecule has 17 heavy (non-hydrogen) atoms. The maximum Gasteiger partial charge on any atom is 0.254 e. The van der Waals surface area contributed by atoms with Crippen LogP contribution in [-0.2, 0) is 0 Å². The summed E-state index contributed by atoms with van der Waals surface area (Å²) in [6, 6.07) is 4.81. The minimum Gasteiger partial charge on any atom is -0.506 e. The van der Waals surface area contributed by atoms with Gasteiger partial charge in [-0.15, -0.1) is 0 Å². The van der Waals surface area contributed by atoms with E-state index in [1.807, 2.05) is 11.8 Å². The third-order valence-corrected chi connectivity index (χ3v) is 3.30. The number of nitrogens with one attached hydrogen (secondary N) is 1. The molecule has 0 unspecified atom stereocenters. The normalized spacial score (nSPS) is 15.4. The van der Waals surface area contributed by atoms with E-state index in [4.69, 9.17) is 11.6 Å². The van der Waals surface area contributed by atoms with Gasteiger partial charge in [-0.05, 0) is 25.1 Å². The van der Waals surface area contributed by atoms with Crippen LogP contribution in [-0.4, -0.2) is 41.6 Å². The fourth-order valence-corrected chi connectivity index (χ4v) is 2.05. The highest BCUT2D eigenvalue weighted by Crippen LogP contribution is 2.24. The van der Waals surface area contributed by atoms with E-state index in [9.17, 15) is 9.90 Å². The van der Waals surface area contributed by atoms with Crippen molar-refractivity contribution in [2.75, 3.05) is 19.6 Å². The Labute approximate surface area is 105 Å². The summed E-state index contributed by atoms with van der Waals surface area (Å²) in [5.41, 5.74) is 0.515. The van der Waals surface area contributed by atoms with Gasteiger partial charge in [-0.2, -0.15) is 0 Å². The molecule has 2 N–H and O–H groups in total. The van der Waals surface area contributed by atoms with Gasteiger partial charge in [0.2, 0.25) is 0 Å². The lowest BCUT2D eigenvalue weighted by Gasteiger charge is -2.37. The van der Waals surface area contributed by atoms with Crippen molar-refractivity contribution in [3.05, 3.63) is 28.8 Å². The number of carbonyl (C=O) groups is 1. The minimum atomic E-state index is -0.0408. The molecule has 0 bridgehead atoms. The van der Waals surface area contributed by atoms with Gasteiger partial charge in [-0.3, -0.25) is 4.79 Å². The van der Waals surface area contributed by atoms with Crippen LogP contribution in [0.1, 0.15) is 17.3 Å². The Hall–Kier alpha value is -1.26. The van der Waals surface area contributed by atoms with Crippen molar-refractivity contribution >= 4 is 17.5 Å². The molecule has 2 rings (SSSR count). The van der Waals surface area contributed by atoms with Gasteiger partial charge >= 0.3 is 0 Å². The Morgan fingerprint density at radius 3 is 2.76 bits per heavy atom. The number of aromatic hydroxyl groups is 1. The molecule has 4 nitrogen and oxygen atoms in total. The largest absolute Gasteiger partial charge is 0.506 e. The second-order valence-corrected chi connectivity index (χ2v) is 4.48. The Balaban J connectivity index is 2.19. The first-order chi connectivity index (χ1) is 8.13. The van der Waals surface area contributed by atoms with E-state index in [1.165, 1.54) is 12.1 Å². The van der Waals surface area contributed by atoms with Crippen LogP contribution in [0.2, 0.25) is 5.02 Å². The van der Waals surface area contributed by atoms with Crippen molar-refractivity contribution < 1.29 is 9.90 Å². The van der Waals surface area contributed by atoms with Gasteiger partial charge < -0.3 is 15.3 Å². The number of hydrogen-bond donors (Lipinski definition) is 2. The Morgan fingerprint density at radius 1 is 1.59 bits per heavy atom. The van der Waals surface area contributed by atoms with E-state index >= 15 is 0 Å². The van der Waals surface area contributed by atoms with E-state index < -0.39 is 0 Å². The highest BCUT2D eigenvalue weighted by molar-refractivity contribution is 6.32. The number of carbonyl (C=O) groups excluding carboxylic acids is 1. The average molecular weight is 255 g/mol. The Kier molecular flexibility index (Phi) is 3.54. The topological polar surface area (TPSA) is 52.6 Å². The van der Waals surface area contributed by atoms with Crippen LogP contribution in [0.25, 0.3) is 0 Å². The van der Waals surface area contributed by atoms with Crippen molar-refractivity contribution in [2.45, 2.75) is 13.0 Å². The fraction of sp³-hybridized carbons (Fsp3) is 0.417. The summed E-state index contributed by atoms with van der Waals surface area (Å²) in [6.07, 6.45) is 0. The van der Waals surface area contributed by atoms with Crippen molar-refractivity contribution in [3.63, 3.8) is 0 Å². The number of benzene rings is 1. The minimum absolute atomic E-state index is 0.00317. The van der Waals surface area contributed by atoms with Gasteiger partial charge in [0.25, 0.3) is 5.91 Å². The molecule has 1 heterocycles. The van der Waals surface area contributed by atoms with Crippen molar-refractivity contribution in [2.24, 2.45) is 0 Å². The molecule has 0 aliphatic carbocycles. The first-order valence-electron chi connectivity index (χ1n) is 5.63. The zero-order valence-corrected chi connectivity index (χ0v) is 10.4. The second-order valence-electron chi connectivity index (χ2n) is 4.07. The van der Waals surface area contributed by atoms with Crippen molar-refractivity contribution in [3.8, 4) is 5.75 Å². The molecule has 1 amide bonds. The third-order valence-electron chi connectivity index (χ3n) is 3.00. The summed E-state index contributed by atoms with van der Waals surface area (Å²) >= 11 is 5.80. The molecular formula is C12H15ClN2O2. The molecular weight excluding hydrogens is 240 g/mol. The maximum atomic E-state index is 12.2. The quantitative estimate of drug-likeness (QED) is 0.859. The molecule has 0 radical (unpaired) electrons. The Morgan fingerprint density at radius 2 is 2.29 bits per heavy atom. The molecule has 1 saturated heterocycles. The fourth-order valence-electron chi connectivity index (χ4n) is 1.87. The van der Waals surface area contributed by atoms with Crippen molar-refractivity contribution in [1.82, 2.24) is 10.2 Å². The smallest absolute Gasteiger partial charge is 0.254 e. The number of phenolic OH excluding ortho intramolecular Hbond substituents is 1. The molecule has 0 aromatic heterocycles. The van der Waals surface area contributed by atoms with Crippen LogP contribution in [0.4, 0.5) is 0 Å². The van der Waals surface area contributed by atoms with E-state index in [0.29, 0.717) is 12.1 Å². The van der Waals surface area contributed by atoms with E-state index in [2.05, 4.69) is 5.32 Å². The van der Waals surface area contributed by atoms with Gasteiger partial charge in [0, 0.05) is 25.2 Å². The lowest BCUT2D eigenvalue weighted by atomic mass is 10.1. The monoisotopic (exact) mass is 254 g/mol.